The number of carbonyl (C=O) groups is 2. The van der Waals surface area contributed by atoms with Gasteiger partial charge in [-0.2, -0.15) is 5.10 Å². The number of aromatic nitrogens is 3. The fourth-order valence-corrected chi connectivity index (χ4v) is 5.04. The molecule has 0 unspecified atom stereocenters. The molecule has 0 spiro atoms. The quantitative estimate of drug-likeness (QED) is 0.387. The second kappa shape index (κ2) is 11.3. The molecule has 4 aromatic rings. The molecule has 2 amide bonds. The van der Waals surface area contributed by atoms with Gasteiger partial charge in [-0.25, -0.2) is 4.68 Å². The van der Waals surface area contributed by atoms with Crippen molar-refractivity contribution in [2.24, 2.45) is 5.92 Å². The van der Waals surface area contributed by atoms with Crippen molar-refractivity contribution >= 4 is 11.8 Å². The molecule has 37 heavy (non-hydrogen) atoms. The van der Waals surface area contributed by atoms with E-state index in [0.717, 1.165) is 31.4 Å². The molecule has 3 heterocycles. The Labute approximate surface area is 217 Å². The molecular formula is C30H33N5O2. The summed E-state index contributed by atoms with van der Waals surface area (Å²) in [6, 6.07) is 24.0. The summed E-state index contributed by atoms with van der Waals surface area (Å²) in [7, 11) is 0. The first-order valence-corrected chi connectivity index (χ1v) is 13.0. The van der Waals surface area contributed by atoms with Crippen molar-refractivity contribution in [2.75, 3.05) is 13.1 Å². The minimum Gasteiger partial charge on any atom is -0.353 e. The van der Waals surface area contributed by atoms with Crippen LogP contribution in [0.15, 0.2) is 91.4 Å². The van der Waals surface area contributed by atoms with Crippen LogP contribution < -0.4 is 5.32 Å². The Morgan fingerprint density at radius 1 is 1.00 bits per heavy atom. The third-order valence-electron chi connectivity index (χ3n) is 7.07. The maximum absolute atomic E-state index is 13.8. The van der Waals surface area contributed by atoms with E-state index in [-0.39, 0.29) is 23.8 Å². The minimum absolute atomic E-state index is 0.0332. The number of nitrogens with one attached hydrogen (secondary N) is 1. The van der Waals surface area contributed by atoms with Gasteiger partial charge in [-0.05, 0) is 55.5 Å². The smallest absolute Gasteiger partial charge is 0.259 e. The Kier molecular flexibility index (Phi) is 7.49. The van der Waals surface area contributed by atoms with E-state index in [1.165, 1.54) is 5.56 Å². The van der Waals surface area contributed by atoms with Gasteiger partial charge in [-0.15, -0.1) is 0 Å². The lowest BCUT2D eigenvalue weighted by Crippen LogP contribution is -2.48. The zero-order chi connectivity index (χ0) is 25.6. The molecule has 2 atom stereocenters. The number of rotatable bonds is 8. The number of nitrogens with zero attached hydrogens (tertiary/aromatic N) is 4. The van der Waals surface area contributed by atoms with E-state index in [2.05, 4.69) is 29.5 Å². The number of likely N-dealkylation sites (tertiary alicyclic amines) is 1. The molecule has 190 valence electrons. The summed E-state index contributed by atoms with van der Waals surface area (Å²) >= 11 is 0. The standard InChI is InChI=1S/C30H33N5O2/c1-2-25(20-23-12-5-3-6-13-23)32-28(36)24-14-11-19-34(22-24)30(37)27-21-31-35(26-15-7-4-8-16-26)29(27)33-17-9-10-18-33/h3-10,12-13,15-18,21,24-25H,2,11,14,19-20,22H2,1H3,(H,32,36)/t24-,25-/m1/s1. The van der Waals surface area contributed by atoms with Crippen LogP contribution in [0.5, 0.6) is 0 Å². The molecule has 0 radical (unpaired) electrons. The third-order valence-corrected chi connectivity index (χ3v) is 7.07. The third kappa shape index (κ3) is 5.50. The molecule has 0 aliphatic carbocycles. The van der Waals surface area contributed by atoms with E-state index in [4.69, 9.17) is 0 Å². The first kappa shape index (κ1) is 24.6. The highest BCUT2D eigenvalue weighted by molar-refractivity contribution is 5.97. The predicted molar refractivity (Wildman–Crippen MR) is 144 cm³/mol. The molecule has 0 saturated carbocycles. The number of piperidine rings is 1. The van der Waals surface area contributed by atoms with E-state index in [0.29, 0.717) is 24.5 Å². The zero-order valence-electron chi connectivity index (χ0n) is 21.2. The molecule has 1 aliphatic heterocycles. The summed E-state index contributed by atoms with van der Waals surface area (Å²) in [5, 5.41) is 7.82. The topological polar surface area (TPSA) is 72.2 Å². The van der Waals surface area contributed by atoms with Crippen molar-refractivity contribution in [3.8, 4) is 11.5 Å². The van der Waals surface area contributed by atoms with Gasteiger partial charge in [0.15, 0.2) is 5.82 Å². The normalized spacial score (nSPS) is 16.4. The lowest BCUT2D eigenvalue weighted by molar-refractivity contribution is -0.127. The molecule has 7 nitrogen and oxygen atoms in total. The van der Waals surface area contributed by atoms with Gasteiger partial charge in [0.1, 0.15) is 5.56 Å². The highest BCUT2D eigenvalue weighted by atomic mass is 16.2. The van der Waals surface area contributed by atoms with Crippen molar-refractivity contribution in [1.82, 2.24) is 24.6 Å². The van der Waals surface area contributed by atoms with Crippen LogP contribution in [0.1, 0.15) is 42.1 Å². The van der Waals surface area contributed by atoms with E-state index >= 15 is 0 Å². The number of hydrogen-bond acceptors (Lipinski definition) is 3. The van der Waals surface area contributed by atoms with Gasteiger partial charge >= 0.3 is 0 Å². The second-order valence-corrected chi connectivity index (χ2v) is 9.61. The monoisotopic (exact) mass is 495 g/mol. The molecule has 1 fully saturated rings. The van der Waals surface area contributed by atoms with Gasteiger partial charge in [0, 0.05) is 31.5 Å². The van der Waals surface area contributed by atoms with Gasteiger partial charge < -0.3 is 14.8 Å². The molecular weight excluding hydrogens is 462 g/mol. The zero-order valence-corrected chi connectivity index (χ0v) is 21.2. The van der Waals surface area contributed by atoms with Crippen LogP contribution in [0.3, 0.4) is 0 Å². The fourth-order valence-electron chi connectivity index (χ4n) is 5.04. The van der Waals surface area contributed by atoms with Gasteiger partial charge in [-0.3, -0.25) is 9.59 Å². The molecule has 1 aliphatic rings. The number of benzene rings is 2. The fraction of sp³-hybridized carbons (Fsp3) is 0.300. The number of carbonyl (C=O) groups excluding carboxylic acids is 2. The Bertz CT molecular complexity index is 1310. The molecule has 7 heteroatoms. The van der Waals surface area contributed by atoms with Crippen LogP contribution in [-0.4, -0.2) is 50.2 Å². The van der Waals surface area contributed by atoms with Crippen molar-refractivity contribution in [3.63, 3.8) is 0 Å². The summed E-state index contributed by atoms with van der Waals surface area (Å²) in [5.74, 6) is 0.411. The summed E-state index contributed by atoms with van der Waals surface area (Å²) in [5.41, 5.74) is 2.62. The lowest BCUT2D eigenvalue weighted by Gasteiger charge is -2.33. The Morgan fingerprint density at radius 2 is 1.70 bits per heavy atom. The summed E-state index contributed by atoms with van der Waals surface area (Å²) < 4.78 is 3.70. The van der Waals surface area contributed by atoms with Crippen molar-refractivity contribution < 1.29 is 9.59 Å². The predicted octanol–water partition coefficient (Wildman–Crippen LogP) is 4.65. The highest BCUT2D eigenvalue weighted by Gasteiger charge is 2.32. The number of para-hydroxylation sites is 1. The number of hydrogen-bond donors (Lipinski definition) is 1. The average Bonchev–Trinajstić information content (AvgIpc) is 3.63. The Hall–Kier alpha value is -4.13. The number of amides is 2. The Balaban J connectivity index is 1.32. The SMILES string of the molecule is CC[C@H](Cc1ccccc1)NC(=O)[C@@H]1CCCN(C(=O)c2cnn(-c3ccccc3)c2-n2cccc2)C1. The van der Waals surface area contributed by atoms with Crippen molar-refractivity contribution in [1.29, 1.82) is 0 Å². The summed E-state index contributed by atoms with van der Waals surface area (Å²) in [6.07, 6.45) is 8.71. The molecule has 1 N–H and O–H groups in total. The lowest BCUT2D eigenvalue weighted by atomic mass is 9.95. The van der Waals surface area contributed by atoms with Crippen LogP contribution in [0.2, 0.25) is 0 Å². The minimum atomic E-state index is -0.221. The maximum atomic E-state index is 13.8. The van der Waals surface area contributed by atoms with Crippen LogP contribution >= 0.6 is 0 Å². The van der Waals surface area contributed by atoms with E-state index < -0.39 is 0 Å². The van der Waals surface area contributed by atoms with Gasteiger partial charge in [0.25, 0.3) is 5.91 Å². The largest absolute Gasteiger partial charge is 0.353 e. The molecule has 0 bridgehead atoms. The molecule has 2 aromatic carbocycles. The summed E-state index contributed by atoms with van der Waals surface area (Å²) in [4.78, 5) is 28.8. The van der Waals surface area contributed by atoms with Gasteiger partial charge in [-0.1, -0.05) is 55.5 Å². The molecule has 2 aromatic heterocycles. The highest BCUT2D eigenvalue weighted by Crippen LogP contribution is 2.24. The molecule has 1 saturated heterocycles. The van der Waals surface area contributed by atoms with Crippen LogP contribution in [-0.2, 0) is 11.2 Å². The van der Waals surface area contributed by atoms with E-state index in [9.17, 15) is 9.59 Å². The van der Waals surface area contributed by atoms with Gasteiger partial charge in [0.05, 0.1) is 17.8 Å². The summed E-state index contributed by atoms with van der Waals surface area (Å²) in [6.45, 7) is 3.14. The average molecular weight is 496 g/mol. The van der Waals surface area contributed by atoms with Crippen LogP contribution in [0, 0.1) is 5.92 Å². The van der Waals surface area contributed by atoms with Gasteiger partial charge in [0.2, 0.25) is 5.91 Å². The van der Waals surface area contributed by atoms with Crippen LogP contribution in [0.4, 0.5) is 0 Å². The maximum Gasteiger partial charge on any atom is 0.259 e. The van der Waals surface area contributed by atoms with E-state index in [1.807, 2.05) is 82.5 Å². The van der Waals surface area contributed by atoms with E-state index in [1.54, 1.807) is 10.9 Å². The van der Waals surface area contributed by atoms with Crippen molar-refractivity contribution in [2.45, 2.75) is 38.6 Å². The molecule has 5 rings (SSSR count). The first-order chi connectivity index (χ1) is 18.1. The second-order valence-electron chi connectivity index (χ2n) is 9.61. The van der Waals surface area contributed by atoms with Crippen molar-refractivity contribution in [3.05, 3.63) is 103 Å². The Morgan fingerprint density at radius 3 is 2.41 bits per heavy atom. The first-order valence-electron chi connectivity index (χ1n) is 13.0. The van der Waals surface area contributed by atoms with Crippen LogP contribution in [0.25, 0.3) is 11.5 Å².